The largest absolute Gasteiger partial charge is 0.462 e. The summed E-state index contributed by atoms with van der Waals surface area (Å²) in [6.07, 6.45) is 0.912. The molecule has 2 amide bonds. The van der Waals surface area contributed by atoms with Crippen molar-refractivity contribution >= 4 is 46.7 Å². The molecule has 3 aliphatic rings. The number of likely N-dealkylation sites (N-methyl/N-ethyl adjacent to an activating group) is 1. The van der Waals surface area contributed by atoms with E-state index < -0.39 is 16.0 Å². The van der Waals surface area contributed by atoms with E-state index in [1.807, 2.05) is 0 Å². The zero-order valence-corrected chi connectivity index (χ0v) is 15.0. The SMILES string of the molecule is CN1C(=O)c2ccccc2N2C(=O)CC[C@@]12C(=O)OC[C@@H]1CC1(Cl)Cl. The van der Waals surface area contributed by atoms with E-state index >= 15 is 0 Å². The highest BCUT2D eigenvalue weighted by molar-refractivity contribution is 6.50. The van der Waals surface area contributed by atoms with Crippen LogP contribution < -0.4 is 4.90 Å². The van der Waals surface area contributed by atoms with Crippen LogP contribution in [0, 0.1) is 5.92 Å². The predicted octanol–water partition coefficient (Wildman–Crippen LogP) is 2.33. The van der Waals surface area contributed by atoms with Crippen LogP contribution in [0.2, 0.25) is 0 Å². The van der Waals surface area contributed by atoms with Gasteiger partial charge in [-0.05, 0) is 18.6 Å². The van der Waals surface area contributed by atoms with Crippen LogP contribution in [-0.2, 0) is 14.3 Å². The van der Waals surface area contributed by atoms with Crippen molar-refractivity contribution in [2.24, 2.45) is 5.92 Å². The molecule has 2 aliphatic heterocycles. The maximum atomic E-state index is 13.0. The summed E-state index contributed by atoms with van der Waals surface area (Å²) in [7, 11) is 1.52. The second-order valence-corrected chi connectivity index (χ2v) is 8.23. The fraction of sp³-hybridized carbons (Fsp3) is 0.471. The molecular weight excluding hydrogens is 367 g/mol. The smallest absolute Gasteiger partial charge is 0.353 e. The standard InChI is InChI=1S/C17H16Cl2N2O4/c1-20-14(23)11-4-2-3-5-12(11)21-13(22)6-7-17(20,21)15(24)25-9-10-8-16(10,18)19/h2-5,10H,6-9H2,1H3/t10-,17+/m0/s1. The van der Waals surface area contributed by atoms with Gasteiger partial charge in [-0.1, -0.05) is 12.1 Å². The molecule has 25 heavy (non-hydrogen) atoms. The van der Waals surface area contributed by atoms with Gasteiger partial charge in [-0.25, -0.2) is 4.79 Å². The van der Waals surface area contributed by atoms with E-state index in [2.05, 4.69) is 0 Å². The van der Waals surface area contributed by atoms with Gasteiger partial charge >= 0.3 is 5.97 Å². The lowest BCUT2D eigenvalue weighted by Crippen LogP contribution is -2.67. The maximum Gasteiger partial charge on any atom is 0.353 e. The summed E-state index contributed by atoms with van der Waals surface area (Å²) < 4.78 is 4.58. The third kappa shape index (κ3) is 2.27. The predicted molar refractivity (Wildman–Crippen MR) is 91.5 cm³/mol. The molecule has 0 aromatic heterocycles. The molecule has 1 saturated carbocycles. The van der Waals surface area contributed by atoms with Gasteiger partial charge in [0.15, 0.2) is 0 Å². The topological polar surface area (TPSA) is 66.9 Å². The van der Waals surface area contributed by atoms with Gasteiger partial charge in [-0.3, -0.25) is 14.5 Å². The highest BCUT2D eigenvalue weighted by Crippen LogP contribution is 2.53. The van der Waals surface area contributed by atoms with Gasteiger partial charge in [0.25, 0.3) is 5.91 Å². The summed E-state index contributed by atoms with van der Waals surface area (Å²) in [6.45, 7) is 0.0687. The number of hydrogen-bond donors (Lipinski definition) is 0. The fourth-order valence-corrected chi connectivity index (χ4v) is 4.13. The number of ether oxygens (including phenoxy) is 1. The van der Waals surface area contributed by atoms with Crippen molar-refractivity contribution in [3.8, 4) is 0 Å². The van der Waals surface area contributed by atoms with Crippen molar-refractivity contribution in [3.63, 3.8) is 0 Å². The van der Waals surface area contributed by atoms with Gasteiger partial charge in [0.05, 0.1) is 17.9 Å². The van der Waals surface area contributed by atoms with E-state index in [-0.39, 0.29) is 37.2 Å². The van der Waals surface area contributed by atoms with Gasteiger partial charge in [-0.2, -0.15) is 0 Å². The van der Waals surface area contributed by atoms with Gasteiger partial charge in [0.1, 0.15) is 4.33 Å². The minimum atomic E-state index is -1.45. The molecule has 1 saturated heterocycles. The average Bonchev–Trinajstić information content (AvgIpc) is 3.04. The van der Waals surface area contributed by atoms with Crippen molar-refractivity contribution in [1.82, 2.24) is 4.90 Å². The normalized spacial score (nSPS) is 29.3. The Kier molecular flexibility index (Phi) is 3.57. The molecule has 2 heterocycles. The lowest BCUT2D eigenvalue weighted by molar-refractivity contribution is -0.157. The van der Waals surface area contributed by atoms with E-state index in [0.29, 0.717) is 17.7 Å². The maximum absolute atomic E-state index is 13.0. The molecule has 1 aromatic carbocycles. The Morgan fingerprint density at radius 3 is 2.68 bits per heavy atom. The number of esters is 1. The third-order valence-corrected chi connectivity index (χ3v) is 6.17. The minimum Gasteiger partial charge on any atom is -0.462 e. The van der Waals surface area contributed by atoms with Crippen molar-refractivity contribution in [1.29, 1.82) is 0 Å². The van der Waals surface area contributed by atoms with Crippen molar-refractivity contribution in [2.75, 3.05) is 18.6 Å². The highest BCUT2D eigenvalue weighted by Gasteiger charge is 2.61. The summed E-state index contributed by atoms with van der Waals surface area (Å²) in [5.41, 5.74) is -0.606. The van der Waals surface area contributed by atoms with E-state index in [9.17, 15) is 14.4 Å². The molecule has 2 fully saturated rings. The monoisotopic (exact) mass is 382 g/mol. The summed E-state index contributed by atoms with van der Waals surface area (Å²) in [4.78, 5) is 41.0. The Labute approximate surface area is 154 Å². The first-order chi connectivity index (χ1) is 11.8. The Balaban J connectivity index is 1.70. The number of hydrogen-bond acceptors (Lipinski definition) is 4. The Bertz CT molecular complexity index is 797. The van der Waals surface area contributed by atoms with E-state index in [4.69, 9.17) is 27.9 Å². The number of benzene rings is 1. The zero-order valence-electron chi connectivity index (χ0n) is 13.5. The Morgan fingerprint density at radius 1 is 1.32 bits per heavy atom. The number of amides is 2. The number of anilines is 1. The number of fused-ring (bicyclic) bond motifs is 3. The molecule has 0 radical (unpaired) electrons. The lowest BCUT2D eigenvalue weighted by atomic mass is 9.97. The van der Waals surface area contributed by atoms with Gasteiger partial charge < -0.3 is 9.64 Å². The second-order valence-electron chi connectivity index (χ2n) is 6.69. The van der Waals surface area contributed by atoms with Crippen molar-refractivity contribution < 1.29 is 19.1 Å². The average molecular weight is 383 g/mol. The quantitative estimate of drug-likeness (QED) is 0.594. The molecule has 4 rings (SSSR count). The van der Waals surface area contributed by atoms with E-state index in [1.54, 1.807) is 24.3 Å². The molecule has 0 spiro atoms. The second kappa shape index (κ2) is 5.35. The van der Waals surface area contributed by atoms with Gasteiger partial charge in [-0.15, -0.1) is 23.2 Å². The highest BCUT2D eigenvalue weighted by atomic mass is 35.5. The first-order valence-electron chi connectivity index (χ1n) is 8.04. The van der Waals surface area contributed by atoms with Gasteiger partial charge in [0.2, 0.25) is 11.6 Å². The van der Waals surface area contributed by atoms with Gasteiger partial charge in [0, 0.05) is 25.8 Å². The zero-order chi connectivity index (χ0) is 18.0. The van der Waals surface area contributed by atoms with Crippen LogP contribution in [-0.4, -0.2) is 46.3 Å². The Hall–Kier alpha value is -1.79. The molecule has 0 N–H and O–H groups in total. The van der Waals surface area contributed by atoms with Crippen molar-refractivity contribution in [3.05, 3.63) is 29.8 Å². The van der Waals surface area contributed by atoms with Crippen LogP contribution in [0.3, 0.4) is 0 Å². The van der Waals surface area contributed by atoms with Crippen LogP contribution in [0.5, 0.6) is 0 Å². The number of halogens is 2. The number of carbonyl (C=O) groups is 3. The number of nitrogens with zero attached hydrogens (tertiary/aromatic N) is 2. The molecule has 0 bridgehead atoms. The molecule has 8 heteroatoms. The molecule has 2 atom stereocenters. The molecule has 1 aliphatic carbocycles. The number of alkyl halides is 2. The third-order valence-electron chi connectivity index (χ3n) is 5.24. The van der Waals surface area contributed by atoms with Crippen LogP contribution in [0.25, 0.3) is 0 Å². The number of rotatable bonds is 3. The van der Waals surface area contributed by atoms with Crippen LogP contribution in [0.4, 0.5) is 5.69 Å². The molecule has 1 aromatic rings. The minimum absolute atomic E-state index is 0.0687. The van der Waals surface area contributed by atoms with E-state index in [0.717, 1.165) is 0 Å². The van der Waals surface area contributed by atoms with Crippen LogP contribution >= 0.6 is 23.2 Å². The first kappa shape index (κ1) is 16.7. The summed E-state index contributed by atoms with van der Waals surface area (Å²) in [5, 5.41) is 0. The molecule has 0 unspecified atom stereocenters. The molecule has 132 valence electrons. The summed E-state index contributed by atoms with van der Waals surface area (Å²) in [5.74, 6) is -1.27. The summed E-state index contributed by atoms with van der Waals surface area (Å²) >= 11 is 11.9. The van der Waals surface area contributed by atoms with E-state index in [1.165, 1.54) is 16.8 Å². The number of para-hydroxylation sites is 1. The first-order valence-corrected chi connectivity index (χ1v) is 8.80. The van der Waals surface area contributed by atoms with Crippen molar-refractivity contribution in [2.45, 2.75) is 29.3 Å². The Morgan fingerprint density at radius 2 is 2.00 bits per heavy atom. The number of carbonyl (C=O) groups excluding carboxylic acids is 3. The fourth-order valence-electron chi connectivity index (χ4n) is 3.63. The molecular formula is C17H16Cl2N2O4. The summed E-state index contributed by atoms with van der Waals surface area (Å²) in [6, 6.07) is 6.78. The lowest BCUT2D eigenvalue weighted by Gasteiger charge is -2.46. The van der Waals surface area contributed by atoms with Crippen LogP contribution in [0.15, 0.2) is 24.3 Å². The molecule has 6 nitrogen and oxygen atoms in total. The van der Waals surface area contributed by atoms with Crippen LogP contribution in [0.1, 0.15) is 29.6 Å².